The van der Waals surface area contributed by atoms with E-state index in [1.807, 2.05) is 0 Å². The molecular formula is C11H20N2O9. The van der Waals surface area contributed by atoms with Crippen molar-refractivity contribution in [2.24, 2.45) is 5.73 Å². The van der Waals surface area contributed by atoms with Gasteiger partial charge in [-0.15, -0.1) is 0 Å². The lowest BCUT2D eigenvalue weighted by Gasteiger charge is -2.44. The van der Waals surface area contributed by atoms with E-state index < -0.39 is 60.8 Å². The summed E-state index contributed by atoms with van der Waals surface area (Å²) in [6, 6.07) is -1.33. The normalized spacial score (nSPS) is 36.2. The van der Waals surface area contributed by atoms with E-state index in [9.17, 15) is 30.0 Å². The van der Waals surface area contributed by atoms with Crippen molar-refractivity contribution in [2.45, 2.75) is 55.8 Å². The number of carboxylic acids is 1. The molecule has 1 fully saturated rings. The molecule has 1 rings (SSSR count). The maximum atomic E-state index is 11.1. The zero-order valence-electron chi connectivity index (χ0n) is 11.7. The number of hydrogen-bond acceptors (Lipinski definition) is 9. The number of rotatable bonds is 5. The summed E-state index contributed by atoms with van der Waals surface area (Å²) >= 11 is 0. The monoisotopic (exact) mass is 324 g/mol. The number of amides is 1. The molecule has 0 saturated carbocycles. The summed E-state index contributed by atoms with van der Waals surface area (Å²) in [6.45, 7) is 1.10. The molecule has 11 nitrogen and oxygen atoms in total. The fraction of sp³-hybridized carbons (Fsp3) is 0.818. The summed E-state index contributed by atoms with van der Waals surface area (Å²) < 4.78 is 4.86. The Labute approximate surface area is 124 Å². The van der Waals surface area contributed by atoms with Crippen molar-refractivity contribution in [3.05, 3.63) is 0 Å². The minimum atomic E-state index is -2.83. The fourth-order valence-electron chi connectivity index (χ4n) is 2.21. The number of carbonyl (C=O) groups is 2. The Bertz CT molecular complexity index is 432. The Morgan fingerprint density at radius 3 is 2.32 bits per heavy atom. The minimum absolute atomic E-state index is 0.631. The molecule has 0 aromatic heterocycles. The number of ether oxygens (including phenoxy) is 1. The summed E-state index contributed by atoms with van der Waals surface area (Å²) in [5.41, 5.74) is 5.01. The van der Waals surface area contributed by atoms with Crippen LogP contribution in [0.4, 0.5) is 0 Å². The molecule has 0 radical (unpaired) electrons. The molecule has 0 aliphatic carbocycles. The van der Waals surface area contributed by atoms with Gasteiger partial charge in [0.2, 0.25) is 5.91 Å². The van der Waals surface area contributed by atoms with Crippen molar-refractivity contribution in [2.75, 3.05) is 0 Å². The molecule has 1 aliphatic heterocycles. The fourth-order valence-corrected chi connectivity index (χ4v) is 2.21. The summed E-state index contributed by atoms with van der Waals surface area (Å²) in [4.78, 5) is 22.2. The smallest absolute Gasteiger partial charge is 0.364 e. The van der Waals surface area contributed by atoms with Crippen LogP contribution in [0.5, 0.6) is 0 Å². The van der Waals surface area contributed by atoms with Gasteiger partial charge in [0.25, 0.3) is 5.79 Å². The predicted octanol–water partition coefficient (Wildman–Crippen LogP) is -4.59. The Hall–Kier alpha value is -1.34. The van der Waals surface area contributed by atoms with Crippen molar-refractivity contribution in [3.63, 3.8) is 0 Å². The van der Waals surface area contributed by atoms with E-state index in [2.05, 4.69) is 5.32 Å². The number of aliphatic carboxylic acids is 1. The van der Waals surface area contributed by atoms with E-state index in [4.69, 9.17) is 20.7 Å². The molecule has 1 aliphatic rings. The van der Waals surface area contributed by atoms with Crippen molar-refractivity contribution in [1.29, 1.82) is 0 Å². The number of nitrogens with two attached hydrogens (primary N) is 1. The van der Waals surface area contributed by atoms with E-state index in [0.29, 0.717) is 0 Å². The van der Waals surface area contributed by atoms with Crippen molar-refractivity contribution < 1.29 is 45.0 Å². The molecule has 1 heterocycles. The molecule has 11 heteroatoms. The first-order valence-electron chi connectivity index (χ1n) is 6.38. The summed E-state index contributed by atoms with van der Waals surface area (Å²) in [5.74, 6) is -5.29. The second-order valence-corrected chi connectivity index (χ2v) is 5.14. The molecule has 1 saturated heterocycles. The Morgan fingerprint density at radius 1 is 1.36 bits per heavy atom. The molecular weight excluding hydrogens is 304 g/mol. The molecule has 0 spiro atoms. The van der Waals surface area contributed by atoms with E-state index in [1.165, 1.54) is 0 Å². The number of aliphatic hydroxyl groups is 5. The average Bonchev–Trinajstić information content (AvgIpc) is 2.39. The van der Waals surface area contributed by atoms with E-state index in [-0.39, 0.29) is 0 Å². The zero-order chi connectivity index (χ0) is 17.2. The van der Waals surface area contributed by atoms with Gasteiger partial charge in [-0.3, -0.25) is 4.79 Å². The first-order chi connectivity index (χ1) is 9.99. The summed E-state index contributed by atoms with van der Waals surface area (Å²) in [6.07, 6.45) is -9.96. The van der Waals surface area contributed by atoms with E-state index in [1.54, 1.807) is 0 Å². The maximum Gasteiger partial charge on any atom is 0.364 e. The number of nitrogens with one attached hydrogen (secondary N) is 1. The van der Waals surface area contributed by atoms with Gasteiger partial charge >= 0.3 is 5.97 Å². The topological polar surface area (TPSA) is 203 Å². The summed E-state index contributed by atoms with van der Waals surface area (Å²) in [7, 11) is 0. The predicted molar refractivity (Wildman–Crippen MR) is 67.9 cm³/mol. The van der Waals surface area contributed by atoms with Gasteiger partial charge < -0.3 is 46.4 Å². The minimum Gasteiger partial charge on any atom is -0.477 e. The largest absolute Gasteiger partial charge is 0.477 e. The average molecular weight is 324 g/mol. The van der Waals surface area contributed by atoms with Crippen LogP contribution < -0.4 is 11.1 Å². The van der Waals surface area contributed by atoms with Crippen LogP contribution in [-0.2, 0) is 14.3 Å². The van der Waals surface area contributed by atoms with Crippen LogP contribution in [0.25, 0.3) is 0 Å². The zero-order valence-corrected chi connectivity index (χ0v) is 11.7. The lowest BCUT2D eigenvalue weighted by atomic mass is 9.88. The molecule has 128 valence electrons. The molecule has 0 aromatic rings. The second kappa shape index (κ2) is 6.83. The third kappa shape index (κ3) is 3.89. The van der Waals surface area contributed by atoms with E-state index in [0.717, 1.165) is 6.92 Å². The van der Waals surface area contributed by atoms with Crippen molar-refractivity contribution >= 4 is 11.9 Å². The highest BCUT2D eigenvalue weighted by molar-refractivity contribution is 5.76. The van der Waals surface area contributed by atoms with Gasteiger partial charge in [-0.05, 0) is 0 Å². The lowest BCUT2D eigenvalue weighted by Crippen LogP contribution is -2.68. The quantitative estimate of drug-likeness (QED) is 0.227. The highest BCUT2D eigenvalue weighted by Crippen LogP contribution is 2.30. The Kier molecular flexibility index (Phi) is 5.81. The van der Waals surface area contributed by atoms with Crippen molar-refractivity contribution in [1.82, 2.24) is 5.32 Å². The third-order valence-corrected chi connectivity index (χ3v) is 3.33. The molecule has 0 bridgehead atoms. The SMILES string of the molecule is CC(=O)N[C@H]1[C@H]([C@H](O)[C@H](O)C(N)O)O[C@](O)(C(=O)O)C[C@@H]1O. The van der Waals surface area contributed by atoms with Gasteiger partial charge in [-0.2, -0.15) is 0 Å². The van der Waals surface area contributed by atoms with Crippen LogP contribution in [0.15, 0.2) is 0 Å². The summed E-state index contributed by atoms with van der Waals surface area (Å²) in [5, 5.41) is 59.5. The Balaban J connectivity index is 3.11. The van der Waals surface area contributed by atoms with Crippen LogP contribution in [0.1, 0.15) is 13.3 Å². The second-order valence-electron chi connectivity index (χ2n) is 5.14. The van der Waals surface area contributed by atoms with Crippen LogP contribution in [0.2, 0.25) is 0 Å². The highest BCUT2D eigenvalue weighted by atomic mass is 16.7. The first kappa shape index (κ1) is 18.7. The van der Waals surface area contributed by atoms with Crippen LogP contribution >= 0.6 is 0 Å². The van der Waals surface area contributed by atoms with Gasteiger partial charge in [0, 0.05) is 13.3 Å². The Morgan fingerprint density at radius 2 is 1.91 bits per heavy atom. The van der Waals surface area contributed by atoms with Gasteiger partial charge in [0.1, 0.15) is 24.5 Å². The van der Waals surface area contributed by atoms with Gasteiger partial charge in [0.15, 0.2) is 0 Å². The van der Waals surface area contributed by atoms with Crippen molar-refractivity contribution in [3.8, 4) is 0 Å². The molecule has 1 amide bonds. The number of hydrogen-bond donors (Lipinski definition) is 8. The molecule has 0 aromatic carbocycles. The van der Waals surface area contributed by atoms with Gasteiger partial charge in [-0.25, -0.2) is 4.79 Å². The lowest BCUT2D eigenvalue weighted by molar-refractivity contribution is -0.296. The molecule has 7 atom stereocenters. The van der Waals surface area contributed by atoms with Gasteiger partial charge in [0.05, 0.1) is 12.1 Å². The molecule has 1 unspecified atom stereocenters. The third-order valence-electron chi connectivity index (χ3n) is 3.33. The molecule has 22 heavy (non-hydrogen) atoms. The number of carboxylic acid groups (broad SMARTS) is 1. The van der Waals surface area contributed by atoms with E-state index >= 15 is 0 Å². The van der Waals surface area contributed by atoms with Crippen LogP contribution in [0, 0.1) is 0 Å². The van der Waals surface area contributed by atoms with Gasteiger partial charge in [-0.1, -0.05) is 0 Å². The highest BCUT2D eigenvalue weighted by Gasteiger charge is 2.54. The maximum absolute atomic E-state index is 11.1. The molecule has 9 N–H and O–H groups in total. The standard InChI is InChI=1S/C11H20N2O9/c1-3(14)13-5-4(15)2-11(21,10(19)20)22-8(5)6(16)7(17)9(12)18/h4-9,15-18,21H,2,12H2,1H3,(H,13,14)(H,19,20)/t4-,5+,6+,7-,8+,9?,11-/m0/s1. The number of aliphatic hydroxyl groups excluding tert-OH is 4. The van der Waals surface area contributed by atoms with Crippen LogP contribution in [0.3, 0.4) is 0 Å². The first-order valence-corrected chi connectivity index (χ1v) is 6.38. The number of carbonyl (C=O) groups excluding carboxylic acids is 1. The van der Waals surface area contributed by atoms with Crippen LogP contribution in [-0.4, -0.2) is 85.0 Å².